The van der Waals surface area contributed by atoms with Crippen molar-refractivity contribution >= 4 is 21.8 Å². The number of nitrogens with one attached hydrogen (secondary N) is 1. The molecule has 2 amide bonds. The number of carbonyl (C=O) groups excluding carboxylic acids is 2. The van der Waals surface area contributed by atoms with Crippen LogP contribution in [0, 0.1) is 0 Å². The van der Waals surface area contributed by atoms with Crippen LogP contribution in [-0.2, 0) is 43.9 Å². The fraction of sp³-hybridized carbons (Fsp3) is 0.278. The van der Waals surface area contributed by atoms with Gasteiger partial charge in [-0.3, -0.25) is 9.59 Å². The van der Waals surface area contributed by atoms with Crippen LogP contribution in [0.4, 0.5) is 0 Å². The van der Waals surface area contributed by atoms with Gasteiger partial charge in [0, 0.05) is 32.6 Å². The third-order valence-corrected chi connectivity index (χ3v) is 10.1. The molecule has 2 aliphatic heterocycles. The molecule has 48 heavy (non-hydrogen) atoms. The number of rotatable bonds is 13. The van der Waals surface area contributed by atoms with Gasteiger partial charge in [0.05, 0.1) is 18.1 Å². The van der Waals surface area contributed by atoms with Crippen molar-refractivity contribution in [2.75, 3.05) is 39.7 Å². The Balaban J connectivity index is 1.20. The maximum atomic E-state index is 14.0. The monoisotopic (exact) mass is 671 g/mol. The summed E-state index contributed by atoms with van der Waals surface area (Å²) in [5, 5.41) is 3.01. The van der Waals surface area contributed by atoms with E-state index in [9.17, 15) is 18.0 Å². The molecule has 11 nitrogen and oxygen atoms in total. The molecule has 1 atom stereocenters. The maximum Gasteiger partial charge on any atom is 0.261 e. The first-order valence-corrected chi connectivity index (χ1v) is 17.2. The van der Waals surface area contributed by atoms with Crippen molar-refractivity contribution in [3.63, 3.8) is 0 Å². The van der Waals surface area contributed by atoms with E-state index in [-0.39, 0.29) is 43.7 Å². The Morgan fingerprint density at radius 2 is 1.48 bits per heavy atom. The molecule has 1 saturated heterocycles. The third kappa shape index (κ3) is 8.14. The second kappa shape index (κ2) is 15.3. The molecule has 0 saturated carbocycles. The summed E-state index contributed by atoms with van der Waals surface area (Å²) < 4.78 is 49.5. The number of carbonyl (C=O) groups is 2. The quantitative estimate of drug-likeness (QED) is 0.228. The van der Waals surface area contributed by atoms with Crippen molar-refractivity contribution in [2.24, 2.45) is 0 Å². The first kappa shape index (κ1) is 33.0. The molecule has 0 spiro atoms. The minimum Gasteiger partial charge on any atom is -0.484 e. The van der Waals surface area contributed by atoms with E-state index in [4.69, 9.17) is 18.9 Å². The zero-order valence-corrected chi connectivity index (χ0v) is 27.1. The van der Waals surface area contributed by atoms with E-state index >= 15 is 0 Å². The zero-order chi connectivity index (χ0) is 33.3. The molecular weight excluding hydrogens is 634 g/mol. The number of hydrogen-bond acceptors (Lipinski definition) is 8. The fourth-order valence-electron chi connectivity index (χ4n) is 5.56. The van der Waals surface area contributed by atoms with E-state index in [2.05, 4.69) is 5.32 Å². The van der Waals surface area contributed by atoms with E-state index < -0.39 is 22.0 Å². The normalized spacial score (nSPS) is 15.0. The average Bonchev–Trinajstić information content (AvgIpc) is 3.61. The Labute approximate surface area is 280 Å². The zero-order valence-electron chi connectivity index (χ0n) is 26.3. The van der Waals surface area contributed by atoms with Crippen LogP contribution in [-0.4, -0.2) is 75.2 Å². The number of morpholine rings is 1. The number of benzene rings is 4. The molecule has 4 aromatic rings. The number of nitrogens with zero attached hydrogens (tertiary/aromatic N) is 2. The van der Waals surface area contributed by atoms with Gasteiger partial charge in [-0.05, 0) is 53.1 Å². The number of fused-ring (bicyclic) bond motifs is 1. The number of sulfonamides is 1. The highest BCUT2D eigenvalue weighted by atomic mass is 32.2. The fourth-order valence-corrected chi connectivity index (χ4v) is 6.97. The largest absolute Gasteiger partial charge is 0.484 e. The molecule has 2 aliphatic rings. The second-order valence-corrected chi connectivity index (χ2v) is 13.3. The third-order valence-electron chi connectivity index (χ3n) is 8.16. The highest BCUT2D eigenvalue weighted by molar-refractivity contribution is 7.89. The highest BCUT2D eigenvalue weighted by Gasteiger charge is 2.31. The molecule has 12 heteroatoms. The van der Waals surface area contributed by atoms with Crippen molar-refractivity contribution in [3.05, 3.63) is 120 Å². The smallest absolute Gasteiger partial charge is 0.261 e. The molecule has 2 heterocycles. The van der Waals surface area contributed by atoms with Crippen LogP contribution < -0.4 is 19.5 Å². The van der Waals surface area contributed by atoms with E-state index in [0.29, 0.717) is 43.6 Å². The molecule has 1 unspecified atom stereocenters. The topological polar surface area (TPSA) is 124 Å². The van der Waals surface area contributed by atoms with Crippen molar-refractivity contribution in [1.82, 2.24) is 14.5 Å². The molecule has 1 N–H and O–H groups in total. The summed E-state index contributed by atoms with van der Waals surface area (Å²) in [6.45, 7) is 1.48. The van der Waals surface area contributed by atoms with Gasteiger partial charge in [0.25, 0.3) is 5.91 Å². The lowest BCUT2D eigenvalue weighted by Gasteiger charge is -2.31. The van der Waals surface area contributed by atoms with Crippen molar-refractivity contribution in [2.45, 2.75) is 30.4 Å². The van der Waals surface area contributed by atoms with Crippen molar-refractivity contribution < 1.29 is 37.0 Å². The van der Waals surface area contributed by atoms with Crippen LogP contribution in [0.1, 0.15) is 16.7 Å². The lowest BCUT2D eigenvalue weighted by atomic mass is 10.0. The average molecular weight is 672 g/mol. The summed E-state index contributed by atoms with van der Waals surface area (Å²) in [7, 11) is -3.67. The minimum atomic E-state index is -3.67. The molecule has 0 bridgehead atoms. The van der Waals surface area contributed by atoms with Crippen molar-refractivity contribution in [3.8, 4) is 17.2 Å². The number of amides is 2. The Kier molecular flexibility index (Phi) is 10.5. The summed E-state index contributed by atoms with van der Waals surface area (Å²) in [5.41, 5.74) is 2.57. The molecule has 0 aliphatic carbocycles. The number of ether oxygens (including phenoxy) is 4. The molecule has 250 valence electrons. The van der Waals surface area contributed by atoms with Crippen LogP contribution in [0.2, 0.25) is 0 Å². The van der Waals surface area contributed by atoms with Crippen LogP contribution in [0.15, 0.2) is 108 Å². The summed E-state index contributed by atoms with van der Waals surface area (Å²) in [5.74, 6) is 0.879. The van der Waals surface area contributed by atoms with Crippen molar-refractivity contribution in [1.29, 1.82) is 0 Å². The summed E-state index contributed by atoms with van der Waals surface area (Å²) in [6.07, 6.45) is 0.278. The van der Waals surface area contributed by atoms with Gasteiger partial charge in [-0.1, -0.05) is 66.7 Å². The van der Waals surface area contributed by atoms with Crippen LogP contribution in [0.5, 0.6) is 17.2 Å². The van der Waals surface area contributed by atoms with Crippen LogP contribution in [0.25, 0.3) is 0 Å². The van der Waals surface area contributed by atoms with Gasteiger partial charge in [0.2, 0.25) is 22.7 Å². The number of hydrogen-bond donors (Lipinski definition) is 1. The highest BCUT2D eigenvalue weighted by Crippen LogP contribution is 2.32. The first-order chi connectivity index (χ1) is 23.4. The maximum absolute atomic E-state index is 14.0. The van der Waals surface area contributed by atoms with Gasteiger partial charge in [-0.2, -0.15) is 4.31 Å². The molecule has 4 aromatic carbocycles. The first-order valence-electron chi connectivity index (χ1n) is 15.7. The van der Waals surface area contributed by atoms with E-state index in [1.54, 1.807) is 6.07 Å². The Bertz CT molecular complexity index is 1800. The Hall–Kier alpha value is -4.91. The van der Waals surface area contributed by atoms with E-state index in [1.165, 1.54) is 33.5 Å². The van der Waals surface area contributed by atoms with Gasteiger partial charge >= 0.3 is 0 Å². The summed E-state index contributed by atoms with van der Waals surface area (Å²) in [4.78, 5) is 29.6. The lowest BCUT2D eigenvalue weighted by molar-refractivity contribution is -0.142. The molecule has 6 rings (SSSR count). The minimum absolute atomic E-state index is 0.135. The second-order valence-electron chi connectivity index (χ2n) is 11.4. The molecule has 0 aromatic heterocycles. The molecule has 0 radical (unpaired) electrons. The van der Waals surface area contributed by atoms with Gasteiger partial charge < -0.3 is 29.2 Å². The Morgan fingerprint density at radius 1 is 0.812 bits per heavy atom. The SMILES string of the molecule is O=C(NCc1ccc2c(c1)OCO2)C(Cc1ccccc1)N(Cc1ccccc1)C(=O)COc1ccc(S(=O)(=O)N2CCOCC2)cc1. The van der Waals surface area contributed by atoms with E-state index in [1.807, 2.05) is 72.8 Å². The van der Waals surface area contributed by atoms with E-state index in [0.717, 1.165) is 16.7 Å². The Morgan fingerprint density at radius 3 is 2.19 bits per heavy atom. The summed E-state index contributed by atoms with van der Waals surface area (Å²) in [6, 6.07) is 29.6. The predicted octanol–water partition coefficient (Wildman–Crippen LogP) is 3.77. The van der Waals surface area contributed by atoms with Crippen LogP contribution >= 0.6 is 0 Å². The van der Waals surface area contributed by atoms with Gasteiger partial charge in [-0.15, -0.1) is 0 Å². The lowest BCUT2D eigenvalue weighted by Crippen LogP contribution is -2.51. The standard InChI is InChI=1S/C36H37N3O8S/c40-35(25-45-30-12-14-31(15-13-30)48(42,43)38-17-19-44-20-18-38)39(24-28-9-5-2-6-10-28)32(21-27-7-3-1-4-8-27)36(41)37-23-29-11-16-33-34(22-29)47-26-46-33/h1-16,22,32H,17-21,23-26H2,(H,37,41). The van der Waals surface area contributed by atoms with Gasteiger partial charge in [-0.25, -0.2) is 8.42 Å². The van der Waals surface area contributed by atoms with Crippen LogP contribution in [0.3, 0.4) is 0 Å². The van der Waals surface area contributed by atoms with Gasteiger partial charge in [0.15, 0.2) is 18.1 Å². The predicted molar refractivity (Wildman–Crippen MR) is 177 cm³/mol. The summed E-state index contributed by atoms with van der Waals surface area (Å²) >= 11 is 0. The molecular formula is C36H37N3O8S. The van der Waals surface area contributed by atoms with Gasteiger partial charge in [0.1, 0.15) is 11.8 Å². The molecule has 1 fully saturated rings.